The van der Waals surface area contributed by atoms with E-state index in [0.29, 0.717) is 24.2 Å². The van der Waals surface area contributed by atoms with E-state index in [-0.39, 0.29) is 11.7 Å². The van der Waals surface area contributed by atoms with Crippen molar-refractivity contribution in [2.75, 3.05) is 13.1 Å². The predicted molar refractivity (Wildman–Crippen MR) is 89.1 cm³/mol. The molecule has 0 aromatic heterocycles. The Bertz CT molecular complexity index is 687. The summed E-state index contributed by atoms with van der Waals surface area (Å²) in [6, 6.07) is 15.0. The van der Waals surface area contributed by atoms with Crippen molar-refractivity contribution >= 4 is 11.7 Å². The molecule has 3 nitrogen and oxygen atoms in total. The molecular weight excluding hydrogens is 274 g/mol. The molecule has 0 aliphatic rings. The first-order chi connectivity index (χ1) is 10.6. The van der Waals surface area contributed by atoms with Gasteiger partial charge in [-0.1, -0.05) is 36.4 Å². The smallest absolute Gasteiger partial charge is 0.254 e. The summed E-state index contributed by atoms with van der Waals surface area (Å²) in [4.78, 5) is 26.1. The summed E-state index contributed by atoms with van der Waals surface area (Å²) >= 11 is 0. The Morgan fingerprint density at radius 2 is 1.64 bits per heavy atom. The van der Waals surface area contributed by atoms with Crippen molar-refractivity contribution in [3.63, 3.8) is 0 Å². The zero-order valence-electron chi connectivity index (χ0n) is 13.3. The molecule has 2 aromatic rings. The van der Waals surface area contributed by atoms with Gasteiger partial charge in [0, 0.05) is 24.2 Å². The van der Waals surface area contributed by atoms with E-state index in [0.717, 1.165) is 11.1 Å². The van der Waals surface area contributed by atoms with E-state index in [1.807, 2.05) is 56.3 Å². The van der Waals surface area contributed by atoms with E-state index in [4.69, 9.17) is 0 Å². The highest BCUT2D eigenvalue weighted by atomic mass is 16.2. The molecule has 114 valence electrons. The van der Waals surface area contributed by atoms with Crippen LogP contribution in [0.1, 0.15) is 41.5 Å². The molecule has 0 fully saturated rings. The van der Waals surface area contributed by atoms with Crippen molar-refractivity contribution in [2.45, 2.75) is 20.8 Å². The summed E-state index contributed by atoms with van der Waals surface area (Å²) in [6.45, 7) is 6.85. The summed E-state index contributed by atoms with van der Waals surface area (Å²) in [5.74, 6) is 0.0447. The van der Waals surface area contributed by atoms with Crippen LogP contribution in [0.2, 0.25) is 0 Å². The van der Waals surface area contributed by atoms with Crippen LogP contribution in [-0.4, -0.2) is 29.7 Å². The molecule has 1 amide bonds. The number of benzene rings is 2. The van der Waals surface area contributed by atoms with Gasteiger partial charge in [0.05, 0.1) is 0 Å². The van der Waals surface area contributed by atoms with Crippen LogP contribution in [0.5, 0.6) is 0 Å². The van der Waals surface area contributed by atoms with Gasteiger partial charge >= 0.3 is 0 Å². The van der Waals surface area contributed by atoms with Crippen molar-refractivity contribution in [1.82, 2.24) is 4.90 Å². The summed E-state index contributed by atoms with van der Waals surface area (Å²) < 4.78 is 0. The van der Waals surface area contributed by atoms with E-state index < -0.39 is 0 Å². The van der Waals surface area contributed by atoms with Crippen LogP contribution < -0.4 is 0 Å². The van der Waals surface area contributed by atoms with Crippen LogP contribution >= 0.6 is 0 Å². The number of carbonyl (C=O) groups excluding carboxylic acids is 2. The van der Waals surface area contributed by atoms with Crippen molar-refractivity contribution in [3.8, 4) is 11.1 Å². The Hall–Kier alpha value is -2.42. The maximum Gasteiger partial charge on any atom is 0.254 e. The average Bonchev–Trinajstić information content (AvgIpc) is 2.56. The standard InChI is InChI=1S/C19H21NO2/c1-4-20(5-2)19(22)18-12-7-6-11-17(18)16-10-8-9-15(13-16)14(3)21/h6-13H,4-5H2,1-3H3. The minimum Gasteiger partial charge on any atom is -0.339 e. The topological polar surface area (TPSA) is 37.4 Å². The molecule has 0 saturated heterocycles. The average molecular weight is 295 g/mol. The molecule has 0 aliphatic heterocycles. The third-order valence-corrected chi connectivity index (χ3v) is 3.79. The Balaban J connectivity index is 2.51. The summed E-state index contributed by atoms with van der Waals surface area (Å²) in [7, 11) is 0. The second kappa shape index (κ2) is 7.03. The number of rotatable bonds is 5. The SMILES string of the molecule is CCN(CC)C(=O)c1ccccc1-c1cccc(C(C)=O)c1. The molecule has 22 heavy (non-hydrogen) atoms. The third-order valence-electron chi connectivity index (χ3n) is 3.79. The van der Waals surface area contributed by atoms with Gasteiger partial charge in [-0.05, 0) is 44.0 Å². The lowest BCUT2D eigenvalue weighted by Gasteiger charge is -2.20. The van der Waals surface area contributed by atoms with E-state index in [9.17, 15) is 9.59 Å². The van der Waals surface area contributed by atoms with Gasteiger partial charge in [0.15, 0.2) is 5.78 Å². The van der Waals surface area contributed by atoms with Crippen molar-refractivity contribution in [1.29, 1.82) is 0 Å². The van der Waals surface area contributed by atoms with Crippen LogP contribution in [0.15, 0.2) is 48.5 Å². The number of amides is 1. The zero-order valence-corrected chi connectivity index (χ0v) is 13.3. The second-order valence-electron chi connectivity index (χ2n) is 5.16. The van der Waals surface area contributed by atoms with Crippen LogP contribution in [0, 0.1) is 0 Å². The summed E-state index contributed by atoms with van der Waals surface area (Å²) in [5.41, 5.74) is 3.08. The Morgan fingerprint density at radius 1 is 0.955 bits per heavy atom. The molecule has 0 heterocycles. The zero-order chi connectivity index (χ0) is 16.1. The van der Waals surface area contributed by atoms with Gasteiger partial charge in [-0.3, -0.25) is 9.59 Å². The first-order valence-electron chi connectivity index (χ1n) is 7.58. The molecule has 2 aromatic carbocycles. The molecule has 2 rings (SSSR count). The Kier molecular flexibility index (Phi) is 5.10. The van der Waals surface area contributed by atoms with E-state index in [2.05, 4.69) is 0 Å². The largest absolute Gasteiger partial charge is 0.339 e. The molecule has 0 aliphatic carbocycles. The second-order valence-corrected chi connectivity index (χ2v) is 5.16. The summed E-state index contributed by atoms with van der Waals surface area (Å²) in [6.07, 6.45) is 0. The highest BCUT2D eigenvalue weighted by Crippen LogP contribution is 2.26. The van der Waals surface area contributed by atoms with Crippen LogP contribution in [0.25, 0.3) is 11.1 Å². The van der Waals surface area contributed by atoms with Gasteiger partial charge in [0.25, 0.3) is 5.91 Å². The van der Waals surface area contributed by atoms with Gasteiger partial charge < -0.3 is 4.90 Å². The minimum absolute atomic E-state index is 0.0221. The van der Waals surface area contributed by atoms with Crippen molar-refractivity contribution in [3.05, 3.63) is 59.7 Å². The third kappa shape index (κ3) is 3.25. The van der Waals surface area contributed by atoms with Gasteiger partial charge in [0.1, 0.15) is 0 Å². The van der Waals surface area contributed by atoms with Gasteiger partial charge in [0.2, 0.25) is 0 Å². The molecule has 0 unspecified atom stereocenters. The fourth-order valence-electron chi connectivity index (χ4n) is 2.51. The lowest BCUT2D eigenvalue weighted by atomic mass is 9.96. The number of nitrogens with zero attached hydrogens (tertiary/aromatic N) is 1. The van der Waals surface area contributed by atoms with E-state index in [1.54, 1.807) is 17.9 Å². The number of ketones is 1. The lowest BCUT2D eigenvalue weighted by molar-refractivity contribution is 0.0773. The highest BCUT2D eigenvalue weighted by Gasteiger charge is 2.17. The molecule has 0 bridgehead atoms. The molecule has 0 spiro atoms. The van der Waals surface area contributed by atoms with E-state index >= 15 is 0 Å². The molecule has 3 heteroatoms. The minimum atomic E-state index is 0.0221. The molecular formula is C19H21NO2. The Labute approximate surface area is 131 Å². The maximum atomic E-state index is 12.7. The number of Topliss-reactive ketones (excluding diaryl/α,β-unsaturated/α-hetero) is 1. The molecule has 0 N–H and O–H groups in total. The van der Waals surface area contributed by atoms with Gasteiger partial charge in [-0.15, -0.1) is 0 Å². The monoisotopic (exact) mass is 295 g/mol. The quantitative estimate of drug-likeness (QED) is 0.781. The fraction of sp³-hybridized carbons (Fsp3) is 0.263. The van der Waals surface area contributed by atoms with Gasteiger partial charge in [-0.25, -0.2) is 0 Å². The number of hydrogen-bond acceptors (Lipinski definition) is 2. The highest BCUT2D eigenvalue weighted by molar-refractivity contribution is 6.02. The van der Waals surface area contributed by atoms with E-state index in [1.165, 1.54) is 0 Å². The Morgan fingerprint density at radius 3 is 2.27 bits per heavy atom. The van der Waals surface area contributed by atoms with Crippen LogP contribution in [0.3, 0.4) is 0 Å². The fourth-order valence-corrected chi connectivity index (χ4v) is 2.51. The molecule has 0 radical (unpaired) electrons. The number of hydrogen-bond donors (Lipinski definition) is 0. The molecule has 0 atom stereocenters. The van der Waals surface area contributed by atoms with Gasteiger partial charge in [-0.2, -0.15) is 0 Å². The van der Waals surface area contributed by atoms with Crippen LogP contribution in [0.4, 0.5) is 0 Å². The normalized spacial score (nSPS) is 10.3. The van der Waals surface area contributed by atoms with Crippen molar-refractivity contribution < 1.29 is 9.59 Å². The molecule has 0 saturated carbocycles. The first kappa shape index (κ1) is 16.0. The lowest BCUT2D eigenvalue weighted by Crippen LogP contribution is -2.30. The van der Waals surface area contributed by atoms with Crippen molar-refractivity contribution in [2.24, 2.45) is 0 Å². The summed E-state index contributed by atoms with van der Waals surface area (Å²) in [5, 5.41) is 0. The predicted octanol–water partition coefficient (Wildman–Crippen LogP) is 4.04. The maximum absolute atomic E-state index is 12.7. The van der Waals surface area contributed by atoms with Crippen LogP contribution in [-0.2, 0) is 0 Å². The number of carbonyl (C=O) groups is 2. The first-order valence-corrected chi connectivity index (χ1v) is 7.58.